The van der Waals surface area contributed by atoms with E-state index in [4.69, 9.17) is 24.3 Å². The number of carbonyl (C=O) groups is 1. The molecule has 0 unspecified atom stereocenters. The molecule has 0 spiro atoms. The van der Waals surface area contributed by atoms with Crippen LogP contribution >= 0.6 is 0 Å². The lowest BCUT2D eigenvalue weighted by molar-refractivity contribution is -0.128. The van der Waals surface area contributed by atoms with Gasteiger partial charge in [0, 0.05) is 45.3 Å². The molecule has 7 heteroatoms. The van der Waals surface area contributed by atoms with E-state index in [9.17, 15) is 4.79 Å². The Hall–Kier alpha value is -3.16. The van der Waals surface area contributed by atoms with Crippen molar-refractivity contribution >= 4 is 11.8 Å². The summed E-state index contributed by atoms with van der Waals surface area (Å²) in [5.41, 5.74) is 0.458. The first-order valence-electron chi connectivity index (χ1n) is 11.2. The zero-order chi connectivity index (χ0) is 23.5. The van der Waals surface area contributed by atoms with Crippen molar-refractivity contribution in [1.29, 1.82) is 0 Å². The van der Waals surface area contributed by atoms with E-state index in [1.165, 1.54) is 0 Å². The summed E-state index contributed by atoms with van der Waals surface area (Å²) >= 11 is 0. The maximum atomic E-state index is 13.5. The fourth-order valence-electron chi connectivity index (χ4n) is 3.73. The first-order valence-corrected chi connectivity index (χ1v) is 11.2. The summed E-state index contributed by atoms with van der Waals surface area (Å²) in [6, 6.07) is 17.0. The van der Waals surface area contributed by atoms with Crippen molar-refractivity contribution in [2.75, 3.05) is 33.5 Å². The quantitative estimate of drug-likeness (QED) is 0.359. The van der Waals surface area contributed by atoms with Gasteiger partial charge in [0.05, 0.1) is 6.61 Å². The van der Waals surface area contributed by atoms with Crippen LogP contribution in [0.3, 0.4) is 0 Å². The SMILES string of the molecule is C=CC[C@]1(C(=O)NCCCOC)N=C(c2ccc(OCCCO)cc2)O[C@H]1c1ccccc1. The fourth-order valence-corrected chi connectivity index (χ4v) is 3.73. The first-order chi connectivity index (χ1) is 16.1. The van der Waals surface area contributed by atoms with E-state index in [1.54, 1.807) is 13.2 Å². The molecule has 0 radical (unpaired) electrons. The molecule has 0 fully saturated rings. The fraction of sp³-hybridized carbons (Fsp3) is 0.385. The largest absolute Gasteiger partial charge is 0.494 e. The minimum Gasteiger partial charge on any atom is -0.494 e. The highest BCUT2D eigenvalue weighted by atomic mass is 16.5. The van der Waals surface area contributed by atoms with Crippen LogP contribution in [-0.2, 0) is 14.3 Å². The van der Waals surface area contributed by atoms with E-state index in [0.29, 0.717) is 50.7 Å². The first kappa shape index (κ1) is 24.5. The Labute approximate surface area is 195 Å². The van der Waals surface area contributed by atoms with Crippen molar-refractivity contribution in [2.45, 2.75) is 30.9 Å². The van der Waals surface area contributed by atoms with Gasteiger partial charge in [-0.25, -0.2) is 4.99 Å². The van der Waals surface area contributed by atoms with Crippen LogP contribution in [-0.4, -0.2) is 55.9 Å². The molecule has 1 aliphatic rings. The van der Waals surface area contributed by atoms with Gasteiger partial charge in [0.15, 0.2) is 11.6 Å². The Morgan fingerprint density at radius 3 is 2.61 bits per heavy atom. The molecular weight excluding hydrogens is 420 g/mol. The number of hydrogen-bond acceptors (Lipinski definition) is 6. The molecule has 3 rings (SSSR count). The maximum Gasteiger partial charge on any atom is 0.252 e. The number of ether oxygens (including phenoxy) is 3. The molecule has 0 saturated heterocycles. The van der Waals surface area contributed by atoms with Crippen LogP contribution in [0.2, 0.25) is 0 Å². The Morgan fingerprint density at radius 1 is 1.18 bits per heavy atom. The number of aliphatic hydroxyl groups excluding tert-OH is 1. The predicted molar refractivity (Wildman–Crippen MR) is 127 cm³/mol. The van der Waals surface area contributed by atoms with E-state index < -0.39 is 11.6 Å². The summed E-state index contributed by atoms with van der Waals surface area (Å²) < 4.78 is 17.0. The molecule has 2 N–H and O–H groups in total. The number of aliphatic imine (C=N–C) groups is 1. The third kappa shape index (κ3) is 6.00. The van der Waals surface area contributed by atoms with E-state index in [1.807, 2.05) is 54.6 Å². The van der Waals surface area contributed by atoms with Crippen molar-refractivity contribution in [3.8, 4) is 5.75 Å². The molecule has 1 aliphatic heterocycles. The topological polar surface area (TPSA) is 89.4 Å². The van der Waals surface area contributed by atoms with Crippen LogP contribution < -0.4 is 10.1 Å². The summed E-state index contributed by atoms with van der Waals surface area (Å²) in [6.45, 7) is 5.45. The van der Waals surface area contributed by atoms with E-state index in [2.05, 4.69) is 11.9 Å². The highest BCUT2D eigenvalue weighted by Crippen LogP contribution is 2.42. The Balaban J connectivity index is 1.90. The van der Waals surface area contributed by atoms with Gasteiger partial charge in [-0.3, -0.25) is 4.79 Å². The molecule has 33 heavy (non-hydrogen) atoms. The number of amides is 1. The highest BCUT2D eigenvalue weighted by molar-refractivity contribution is 6.01. The average Bonchev–Trinajstić information content (AvgIpc) is 3.24. The summed E-state index contributed by atoms with van der Waals surface area (Å²) in [5, 5.41) is 11.9. The Bertz CT molecular complexity index is 929. The number of methoxy groups -OCH3 is 1. The number of aliphatic hydroxyl groups is 1. The van der Waals surface area contributed by atoms with Crippen LogP contribution in [0.5, 0.6) is 5.75 Å². The van der Waals surface area contributed by atoms with Gasteiger partial charge in [0.2, 0.25) is 5.90 Å². The second kappa shape index (κ2) is 12.2. The number of benzene rings is 2. The zero-order valence-electron chi connectivity index (χ0n) is 19.0. The van der Waals surface area contributed by atoms with Crippen molar-refractivity contribution in [3.63, 3.8) is 0 Å². The van der Waals surface area contributed by atoms with Gasteiger partial charge in [-0.1, -0.05) is 36.4 Å². The highest BCUT2D eigenvalue weighted by Gasteiger charge is 2.52. The van der Waals surface area contributed by atoms with Crippen LogP contribution in [0, 0.1) is 0 Å². The molecule has 0 aromatic heterocycles. The minimum atomic E-state index is -1.16. The third-order valence-corrected chi connectivity index (χ3v) is 5.40. The van der Waals surface area contributed by atoms with Gasteiger partial charge in [-0.15, -0.1) is 6.58 Å². The molecule has 0 saturated carbocycles. The van der Waals surface area contributed by atoms with Crippen LogP contribution in [0.1, 0.15) is 36.5 Å². The van der Waals surface area contributed by atoms with Gasteiger partial charge >= 0.3 is 0 Å². The van der Waals surface area contributed by atoms with Crippen molar-refractivity contribution in [3.05, 3.63) is 78.4 Å². The molecule has 0 bridgehead atoms. The molecule has 2 aromatic carbocycles. The Morgan fingerprint density at radius 2 is 1.94 bits per heavy atom. The lowest BCUT2D eigenvalue weighted by Crippen LogP contribution is -2.48. The summed E-state index contributed by atoms with van der Waals surface area (Å²) in [5.74, 6) is 0.893. The number of nitrogens with zero attached hydrogens (tertiary/aromatic N) is 1. The van der Waals surface area contributed by atoms with Gasteiger partial charge < -0.3 is 24.6 Å². The number of carbonyl (C=O) groups excluding carboxylic acids is 1. The van der Waals surface area contributed by atoms with Gasteiger partial charge in [-0.05, 0) is 36.2 Å². The van der Waals surface area contributed by atoms with Gasteiger partial charge in [0.25, 0.3) is 5.91 Å². The third-order valence-electron chi connectivity index (χ3n) is 5.40. The second-order valence-electron chi connectivity index (χ2n) is 7.79. The van der Waals surface area contributed by atoms with Crippen LogP contribution in [0.15, 0.2) is 72.2 Å². The Kier molecular flexibility index (Phi) is 9.04. The standard InChI is InChI=1S/C26H32N2O5/c1-3-15-26(25(30)27-16-7-18-31-2)23(20-9-5-4-6-10-20)33-24(28-26)21-11-13-22(14-12-21)32-19-8-17-29/h3-6,9-14,23,29H,1,7-8,15-19H2,2H3,(H,27,30)/t23-,26-/m0/s1. The smallest absolute Gasteiger partial charge is 0.252 e. The van der Waals surface area contributed by atoms with Crippen LogP contribution in [0.4, 0.5) is 0 Å². The molecule has 176 valence electrons. The minimum absolute atomic E-state index is 0.0858. The lowest BCUT2D eigenvalue weighted by Gasteiger charge is -2.29. The van der Waals surface area contributed by atoms with Crippen molar-refractivity contribution in [2.24, 2.45) is 4.99 Å². The van der Waals surface area contributed by atoms with E-state index in [0.717, 1.165) is 11.1 Å². The maximum absolute atomic E-state index is 13.5. The summed E-state index contributed by atoms with van der Waals surface area (Å²) in [6.07, 6.45) is 2.72. The van der Waals surface area contributed by atoms with Crippen molar-refractivity contribution < 1.29 is 24.1 Å². The summed E-state index contributed by atoms with van der Waals surface area (Å²) in [4.78, 5) is 18.3. The molecule has 2 atom stereocenters. The monoisotopic (exact) mass is 452 g/mol. The average molecular weight is 453 g/mol. The second-order valence-corrected chi connectivity index (χ2v) is 7.79. The number of nitrogens with one attached hydrogen (secondary N) is 1. The van der Waals surface area contributed by atoms with E-state index in [-0.39, 0.29) is 12.5 Å². The molecular formula is C26H32N2O5. The normalized spacial score (nSPS) is 19.5. The van der Waals surface area contributed by atoms with Crippen LogP contribution in [0.25, 0.3) is 0 Å². The predicted octanol–water partition coefficient (Wildman–Crippen LogP) is 3.43. The number of rotatable bonds is 13. The van der Waals surface area contributed by atoms with Crippen molar-refractivity contribution in [1.82, 2.24) is 5.32 Å². The zero-order valence-corrected chi connectivity index (χ0v) is 19.0. The molecule has 0 aliphatic carbocycles. The molecule has 7 nitrogen and oxygen atoms in total. The molecule has 1 amide bonds. The van der Waals surface area contributed by atoms with Gasteiger partial charge in [0.1, 0.15) is 5.75 Å². The lowest BCUT2D eigenvalue weighted by atomic mass is 9.84. The summed E-state index contributed by atoms with van der Waals surface area (Å²) in [7, 11) is 1.64. The molecule has 1 heterocycles. The molecule has 2 aromatic rings. The van der Waals surface area contributed by atoms with E-state index >= 15 is 0 Å². The van der Waals surface area contributed by atoms with Gasteiger partial charge in [-0.2, -0.15) is 0 Å². The number of hydrogen-bond donors (Lipinski definition) is 2.